The van der Waals surface area contributed by atoms with Crippen molar-refractivity contribution in [3.63, 3.8) is 0 Å². The van der Waals surface area contributed by atoms with Gasteiger partial charge in [-0.2, -0.15) is 5.26 Å². The van der Waals surface area contributed by atoms with Gasteiger partial charge in [0.2, 0.25) is 0 Å². The van der Waals surface area contributed by atoms with Crippen LogP contribution in [-0.2, 0) is 6.42 Å². The van der Waals surface area contributed by atoms with E-state index in [0.29, 0.717) is 46.8 Å². The highest BCUT2D eigenvalue weighted by molar-refractivity contribution is 6.58. The first-order chi connectivity index (χ1) is 14.6. The second-order valence-electron chi connectivity index (χ2n) is 8.29. The topological polar surface area (TPSA) is 31.7 Å². The van der Waals surface area contributed by atoms with Gasteiger partial charge in [0.25, 0.3) is 0 Å². The quantitative estimate of drug-likeness (QED) is 0.567. The van der Waals surface area contributed by atoms with Gasteiger partial charge in [-0.15, -0.1) is 0 Å². The van der Waals surface area contributed by atoms with E-state index in [2.05, 4.69) is 0 Å². The van der Waals surface area contributed by atoms with Gasteiger partial charge in [-0.1, -0.05) is 19.9 Å². The smallest absolute Gasteiger partial charge is 0.393 e. The average molecular weight is 423 g/mol. The van der Waals surface area contributed by atoms with Crippen LogP contribution in [0.15, 0.2) is 35.0 Å². The maximum atomic E-state index is 16.1. The number of fused-ring (bicyclic) bond motifs is 2. The summed E-state index contributed by atoms with van der Waals surface area (Å²) in [5, 5.41) is 9.37. The third-order valence-corrected chi connectivity index (χ3v) is 6.87. The zero-order valence-electron chi connectivity index (χ0n) is 18.7. The number of rotatable bonds is 3. The van der Waals surface area contributed by atoms with Crippen molar-refractivity contribution in [1.82, 2.24) is 4.48 Å². The number of halogens is 3. The number of allylic oxidation sites excluding steroid dienone is 2. The normalized spacial score (nSPS) is 17.3. The Morgan fingerprint density at radius 1 is 1.10 bits per heavy atom. The summed E-state index contributed by atoms with van der Waals surface area (Å²) >= 11 is 0. The number of nitrogens with zero attached hydrogens (tertiary/aromatic N) is 3. The maximum Gasteiger partial charge on any atom is 0.737 e. The van der Waals surface area contributed by atoms with Gasteiger partial charge in [-0.05, 0) is 68.1 Å². The Bertz CT molecular complexity index is 1290. The Morgan fingerprint density at radius 2 is 1.77 bits per heavy atom. The summed E-state index contributed by atoms with van der Waals surface area (Å²) in [5.74, 6) is -0.618. The fourth-order valence-electron chi connectivity index (χ4n) is 5.52. The summed E-state index contributed by atoms with van der Waals surface area (Å²) in [7, 11) is 0. The number of aromatic nitrogens is 1. The van der Waals surface area contributed by atoms with Crippen LogP contribution in [0.25, 0.3) is 5.57 Å². The average Bonchev–Trinajstić information content (AvgIpc) is 3.13. The molecule has 2 aromatic rings. The summed E-state index contributed by atoms with van der Waals surface area (Å²) in [6.07, 6.45) is 1.27. The molecule has 0 spiro atoms. The standard InChI is InChI=1S/C24H25BF3N3/c1-7-19-13(3)23-22(17-9-10-21(26)18(11-17)12-29)24-14(4)20(8-2)16(6)31(24)25(27,28)30(23)15(19)5/h9-11H,7-8H2,1-6H3. The van der Waals surface area contributed by atoms with Crippen molar-refractivity contribution in [2.45, 2.75) is 54.4 Å². The molecule has 0 radical (unpaired) electrons. The molecule has 160 valence electrons. The second-order valence-corrected chi connectivity index (χ2v) is 8.29. The molecule has 0 saturated heterocycles. The Morgan fingerprint density at radius 3 is 2.35 bits per heavy atom. The van der Waals surface area contributed by atoms with E-state index in [9.17, 15) is 9.65 Å². The van der Waals surface area contributed by atoms with Crippen LogP contribution in [0.4, 0.5) is 13.0 Å². The lowest BCUT2D eigenvalue weighted by Gasteiger charge is -2.34. The molecule has 3 nitrogen and oxygen atoms in total. The van der Waals surface area contributed by atoms with Gasteiger partial charge in [0.1, 0.15) is 17.6 Å². The number of benzene rings is 1. The highest BCUT2D eigenvalue weighted by atomic mass is 19.2. The van der Waals surface area contributed by atoms with E-state index in [1.165, 1.54) is 21.1 Å². The summed E-state index contributed by atoms with van der Waals surface area (Å²) in [6, 6.07) is 6.17. The van der Waals surface area contributed by atoms with Crippen LogP contribution in [0, 0.1) is 31.0 Å². The molecule has 0 bridgehead atoms. The summed E-state index contributed by atoms with van der Waals surface area (Å²) in [4.78, 5) is 0. The van der Waals surface area contributed by atoms with Crippen molar-refractivity contribution in [3.05, 3.63) is 74.5 Å². The van der Waals surface area contributed by atoms with Crippen molar-refractivity contribution in [1.29, 1.82) is 5.26 Å². The Hall–Kier alpha value is -3.01. The molecule has 2 aliphatic rings. The molecule has 2 aliphatic heterocycles. The first kappa shape index (κ1) is 21.2. The molecule has 4 rings (SSSR count). The van der Waals surface area contributed by atoms with E-state index in [4.69, 9.17) is 0 Å². The van der Waals surface area contributed by atoms with Gasteiger partial charge >= 0.3 is 6.97 Å². The minimum atomic E-state index is -4.10. The number of hydrogen-bond donors (Lipinski definition) is 0. The van der Waals surface area contributed by atoms with E-state index < -0.39 is 12.8 Å². The van der Waals surface area contributed by atoms with E-state index >= 15 is 8.63 Å². The molecular weight excluding hydrogens is 398 g/mol. The van der Waals surface area contributed by atoms with Crippen molar-refractivity contribution in [2.75, 3.05) is 0 Å². The van der Waals surface area contributed by atoms with E-state index in [1.807, 2.05) is 33.8 Å². The zero-order valence-corrected chi connectivity index (χ0v) is 18.7. The Labute approximate surface area is 180 Å². The van der Waals surface area contributed by atoms with Gasteiger partial charge in [0, 0.05) is 23.8 Å². The minimum absolute atomic E-state index is 0.0979. The lowest BCUT2D eigenvalue weighted by Crippen LogP contribution is -2.51. The van der Waals surface area contributed by atoms with Crippen molar-refractivity contribution in [3.8, 4) is 6.07 Å². The fraction of sp³-hybridized carbons (Fsp3) is 0.333. The highest BCUT2D eigenvalue weighted by Crippen LogP contribution is 2.47. The predicted octanol–water partition coefficient (Wildman–Crippen LogP) is 5.89. The zero-order chi connectivity index (χ0) is 22.8. The van der Waals surface area contributed by atoms with Gasteiger partial charge < -0.3 is 17.6 Å². The number of hydrogen-bond acceptors (Lipinski definition) is 1. The molecule has 0 unspecified atom stereocenters. The Balaban J connectivity index is 2.24. The third-order valence-electron chi connectivity index (χ3n) is 6.87. The molecule has 31 heavy (non-hydrogen) atoms. The SMILES string of the molecule is CCC1=C(C)C2=C(c3ccc(F)c(C#N)c3)c3c(C)c(CC)c(C)n3[B-](F)(F)[N+]2=C1C. The van der Waals surface area contributed by atoms with Crippen LogP contribution < -0.4 is 0 Å². The molecule has 0 aliphatic carbocycles. The molecule has 1 aromatic carbocycles. The molecule has 0 saturated carbocycles. The van der Waals surface area contributed by atoms with E-state index in [1.54, 1.807) is 19.9 Å². The molecular formula is C24H25BF3N3. The minimum Gasteiger partial charge on any atom is -0.393 e. The van der Waals surface area contributed by atoms with Crippen LogP contribution in [0.5, 0.6) is 0 Å². The molecule has 0 atom stereocenters. The van der Waals surface area contributed by atoms with Gasteiger partial charge in [0.15, 0.2) is 5.70 Å². The fourth-order valence-corrected chi connectivity index (χ4v) is 5.52. The third kappa shape index (κ3) is 2.64. The largest absolute Gasteiger partial charge is 0.737 e. The van der Waals surface area contributed by atoms with Crippen LogP contribution >= 0.6 is 0 Å². The van der Waals surface area contributed by atoms with Crippen LogP contribution in [-0.4, -0.2) is 21.6 Å². The van der Waals surface area contributed by atoms with Gasteiger partial charge in [0.05, 0.1) is 11.1 Å². The van der Waals surface area contributed by atoms with Gasteiger partial charge in [-0.3, -0.25) is 0 Å². The number of nitriles is 1. The van der Waals surface area contributed by atoms with Crippen molar-refractivity contribution >= 4 is 18.3 Å². The highest BCUT2D eigenvalue weighted by Gasteiger charge is 2.56. The van der Waals surface area contributed by atoms with Crippen LogP contribution in [0.3, 0.4) is 0 Å². The second kappa shape index (κ2) is 7.01. The van der Waals surface area contributed by atoms with Crippen LogP contribution in [0.2, 0.25) is 0 Å². The first-order valence-electron chi connectivity index (χ1n) is 10.6. The van der Waals surface area contributed by atoms with Crippen molar-refractivity contribution in [2.24, 2.45) is 0 Å². The van der Waals surface area contributed by atoms with Crippen LogP contribution in [0.1, 0.15) is 67.8 Å². The lowest BCUT2D eigenvalue weighted by atomic mass is 9.83. The lowest BCUT2D eigenvalue weighted by molar-refractivity contribution is -0.363. The van der Waals surface area contributed by atoms with E-state index in [-0.39, 0.29) is 5.56 Å². The maximum absolute atomic E-state index is 16.1. The molecule has 0 N–H and O–H groups in total. The summed E-state index contributed by atoms with van der Waals surface area (Å²) < 4.78 is 48.7. The summed E-state index contributed by atoms with van der Waals surface area (Å²) in [6.45, 7) is 7.05. The first-order valence-corrected chi connectivity index (χ1v) is 10.6. The predicted molar refractivity (Wildman–Crippen MR) is 118 cm³/mol. The molecule has 7 heteroatoms. The Kier molecular flexibility index (Phi) is 4.81. The molecule has 3 heterocycles. The van der Waals surface area contributed by atoms with Crippen molar-refractivity contribution < 1.29 is 17.5 Å². The van der Waals surface area contributed by atoms with Gasteiger partial charge in [-0.25, -0.2) is 4.39 Å². The summed E-state index contributed by atoms with van der Waals surface area (Å²) in [5.41, 5.74) is 6.54. The molecule has 0 amide bonds. The van der Waals surface area contributed by atoms with E-state index in [0.717, 1.165) is 22.3 Å². The molecule has 0 fully saturated rings. The monoisotopic (exact) mass is 423 g/mol. The molecule has 1 aromatic heterocycles.